The normalized spacial score (nSPS) is 17.0. The highest BCUT2D eigenvalue weighted by molar-refractivity contribution is 6.01. The largest absolute Gasteiger partial charge is 0.336 e. The highest BCUT2D eigenvalue weighted by Crippen LogP contribution is 2.22. The smallest absolute Gasteiger partial charge is 0.261 e. The van der Waals surface area contributed by atoms with E-state index < -0.39 is 5.56 Å². The van der Waals surface area contributed by atoms with E-state index in [4.69, 9.17) is 0 Å². The van der Waals surface area contributed by atoms with Gasteiger partial charge in [-0.2, -0.15) is 0 Å². The molecule has 1 aliphatic heterocycles. The van der Waals surface area contributed by atoms with Crippen LogP contribution in [0, 0.1) is 0 Å². The Kier molecular flexibility index (Phi) is 5.16. The molecule has 6 nitrogen and oxygen atoms in total. The van der Waals surface area contributed by atoms with Crippen molar-refractivity contribution in [2.24, 2.45) is 0 Å². The Labute approximate surface area is 180 Å². The lowest BCUT2D eigenvalue weighted by molar-refractivity contribution is 0.0627. The number of ketones is 1. The number of hydrogen-bond acceptors (Lipinski definition) is 4. The highest BCUT2D eigenvalue weighted by Gasteiger charge is 2.27. The van der Waals surface area contributed by atoms with Crippen molar-refractivity contribution in [3.63, 3.8) is 0 Å². The number of pyridine rings is 1. The Hall–Kier alpha value is -3.25. The first-order valence-electron chi connectivity index (χ1n) is 10.9. The first kappa shape index (κ1) is 19.7. The second-order valence-electron chi connectivity index (χ2n) is 8.39. The van der Waals surface area contributed by atoms with Gasteiger partial charge in [-0.05, 0) is 35.2 Å². The molecular formula is C25H25N3O3. The molecule has 5 rings (SSSR count). The number of amides is 1. The third kappa shape index (κ3) is 3.79. The topological polar surface area (TPSA) is 73.5 Å². The van der Waals surface area contributed by atoms with Crippen molar-refractivity contribution in [3.8, 4) is 0 Å². The summed E-state index contributed by atoms with van der Waals surface area (Å²) in [5.74, 6) is -0.279. The van der Waals surface area contributed by atoms with E-state index in [1.165, 1.54) is 22.4 Å². The number of hydrogen-bond donors (Lipinski definition) is 1. The van der Waals surface area contributed by atoms with Crippen LogP contribution < -0.4 is 5.56 Å². The molecular weight excluding hydrogens is 390 g/mol. The lowest BCUT2D eigenvalue weighted by Crippen LogP contribution is -2.49. The van der Waals surface area contributed by atoms with Crippen molar-refractivity contribution in [1.82, 2.24) is 14.8 Å². The van der Waals surface area contributed by atoms with Crippen LogP contribution in [0.2, 0.25) is 0 Å². The Morgan fingerprint density at radius 2 is 1.71 bits per heavy atom. The number of piperazine rings is 1. The van der Waals surface area contributed by atoms with Gasteiger partial charge in [0.15, 0.2) is 5.78 Å². The molecule has 0 atom stereocenters. The number of H-pyrrole nitrogens is 1. The van der Waals surface area contributed by atoms with Crippen molar-refractivity contribution < 1.29 is 9.59 Å². The molecule has 0 bridgehead atoms. The number of rotatable bonds is 3. The molecule has 0 unspecified atom stereocenters. The predicted molar refractivity (Wildman–Crippen MR) is 119 cm³/mol. The van der Waals surface area contributed by atoms with E-state index >= 15 is 0 Å². The number of carbonyl (C=O) groups is 2. The second-order valence-corrected chi connectivity index (χ2v) is 8.39. The van der Waals surface area contributed by atoms with Crippen molar-refractivity contribution in [1.29, 1.82) is 0 Å². The summed E-state index contributed by atoms with van der Waals surface area (Å²) in [6.45, 7) is 3.45. The molecule has 1 aromatic heterocycles. The zero-order valence-electron chi connectivity index (χ0n) is 17.4. The predicted octanol–water partition coefficient (Wildman–Crippen LogP) is 3.01. The average molecular weight is 415 g/mol. The van der Waals surface area contributed by atoms with Gasteiger partial charge in [-0.25, -0.2) is 0 Å². The van der Waals surface area contributed by atoms with Crippen LogP contribution in [-0.4, -0.2) is 52.7 Å². The third-order valence-electron chi connectivity index (χ3n) is 6.42. The third-order valence-corrected chi connectivity index (χ3v) is 6.42. The van der Waals surface area contributed by atoms with Gasteiger partial charge in [0.25, 0.3) is 11.5 Å². The van der Waals surface area contributed by atoms with Gasteiger partial charge in [0.2, 0.25) is 0 Å². The number of nitrogens with one attached hydrogen (secondary N) is 1. The molecule has 6 heteroatoms. The number of aromatic amines is 1. The molecule has 0 spiro atoms. The molecule has 2 aromatic carbocycles. The first-order valence-corrected chi connectivity index (χ1v) is 10.9. The molecule has 1 aliphatic carbocycles. The van der Waals surface area contributed by atoms with Gasteiger partial charge >= 0.3 is 0 Å². The summed E-state index contributed by atoms with van der Waals surface area (Å²) in [5, 5.41) is 2.49. The van der Waals surface area contributed by atoms with Crippen LogP contribution in [0.3, 0.4) is 0 Å². The molecule has 3 aromatic rings. The minimum atomic E-state index is -0.392. The van der Waals surface area contributed by atoms with Gasteiger partial charge in [0.05, 0.1) is 0 Å². The number of carbonyl (C=O) groups excluding carboxylic acids is 2. The molecule has 1 saturated heterocycles. The number of benzene rings is 2. The molecule has 0 radical (unpaired) electrons. The average Bonchev–Trinajstić information content (AvgIpc) is 2.79. The first-order chi connectivity index (χ1) is 15.1. The van der Waals surface area contributed by atoms with Crippen LogP contribution in [-0.2, 0) is 13.0 Å². The van der Waals surface area contributed by atoms with Gasteiger partial charge in [-0.3, -0.25) is 19.3 Å². The molecule has 0 saturated carbocycles. The maximum absolute atomic E-state index is 13.0. The van der Waals surface area contributed by atoms with Gasteiger partial charge in [0, 0.05) is 50.4 Å². The van der Waals surface area contributed by atoms with Gasteiger partial charge in [0.1, 0.15) is 5.56 Å². The zero-order valence-corrected chi connectivity index (χ0v) is 17.4. The Morgan fingerprint density at radius 3 is 2.55 bits per heavy atom. The highest BCUT2D eigenvalue weighted by atomic mass is 16.2. The molecule has 2 aliphatic rings. The van der Waals surface area contributed by atoms with Crippen LogP contribution in [0.1, 0.15) is 44.8 Å². The molecule has 2 heterocycles. The van der Waals surface area contributed by atoms with Crippen molar-refractivity contribution in [3.05, 3.63) is 81.3 Å². The van der Waals surface area contributed by atoms with Crippen LogP contribution in [0.5, 0.6) is 0 Å². The Bertz CT molecular complexity index is 1220. The van der Waals surface area contributed by atoms with E-state index in [1.54, 1.807) is 4.90 Å². The maximum Gasteiger partial charge on any atom is 0.261 e. The van der Waals surface area contributed by atoms with Crippen molar-refractivity contribution in [2.75, 3.05) is 26.2 Å². The summed E-state index contributed by atoms with van der Waals surface area (Å²) < 4.78 is 0. The summed E-state index contributed by atoms with van der Waals surface area (Å²) in [7, 11) is 0. The summed E-state index contributed by atoms with van der Waals surface area (Å²) >= 11 is 0. The molecule has 31 heavy (non-hydrogen) atoms. The fourth-order valence-electron chi connectivity index (χ4n) is 4.68. The van der Waals surface area contributed by atoms with E-state index in [-0.39, 0.29) is 17.3 Å². The molecule has 158 valence electrons. The summed E-state index contributed by atoms with van der Waals surface area (Å²) in [4.78, 5) is 44.6. The van der Waals surface area contributed by atoms with Crippen LogP contribution >= 0.6 is 0 Å². The van der Waals surface area contributed by atoms with Crippen LogP contribution in [0.25, 0.3) is 10.8 Å². The number of nitrogens with zero attached hydrogens (tertiary/aromatic N) is 2. The quantitative estimate of drug-likeness (QED) is 0.714. The number of aryl methyl sites for hydroxylation is 1. The summed E-state index contributed by atoms with van der Waals surface area (Å²) in [6, 6.07) is 16.3. The standard InChI is InChI=1S/C25H25N3O3/c29-23-10-4-9-22-20(23)15-21(24(30)26-22)25(31)28-13-11-27(12-14-28)16-18-7-3-6-17-5-1-2-8-19(17)18/h1-3,5-8,15H,4,9-14,16H2,(H,26,30). The fourth-order valence-corrected chi connectivity index (χ4v) is 4.68. The fraction of sp³-hybridized carbons (Fsp3) is 0.320. The Balaban J connectivity index is 1.28. The van der Waals surface area contributed by atoms with Crippen molar-refractivity contribution >= 4 is 22.5 Å². The molecule has 1 amide bonds. The van der Waals surface area contributed by atoms with E-state index in [0.29, 0.717) is 37.2 Å². The number of aromatic nitrogens is 1. The number of Topliss-reactive ketones (excluding diaryl/α,β-unsaturated/α-hetero) is 1. The summed E-state index contributed by atoms with van der Waals surface area (Å²) in [5.41, 5.74) is 2.14. The van der Waals surface area contributed by atoms with E-state index in [9.17, 15) is 14.4 Å². The van der Waals surface area contributed by atoms with Crippen molar-refractivity contribution in [2.45, 2.75) is 25.8 Å². The molecule has 1 fully saturated rings. The van der Waals surface area contributed by atoms with Crippen LogP contribution in [0.15, 0.2) is 53.3 Å². The van der Waals surface area contributed by atoms with Gasteiger partial charge in [-0.15, -0.1) is 0 Å². The SMILES string of the molecule is O=C1CCCc2[nH]c(=O)c(C(=O)N3CCN(Cc4cccc5ccccc45)CC3)cc21. The number of fused-ring (bicyclic) bond motifs is 2. The van der Waals surface area contributed by atoms with E-state index in [0.717, 1.165) is 26.1 Å². The monoisotopic (exact) mass is 415 g/mol. The Morgan fingerprint density at radius 1 is 0.935 bits per heavy atom. The minimum Gasteiger partial charge on any atom is -0.336 e. The second kappa shape index (κ2) is 8.12. The van der Waals surface area contributed by atoms with E-state index in [1.807, 2.05) is 6.07 Å². The van der Waals surface area contributed by atoms with Gasteiger partial charge < -0.3 is 9.88 Å². The van der Waals surface area contributed by atoms with Crippen LogP contribution in [0.4, 0.5) is 0 Å². The lowest BCUT2D eigenvalue weighted by Gasteiger charge is -2.35. The maximum atomic E-state index is 13.0. The van der Waals surface area contributed by atoms with Gasteiger partial charge in [-0.1, -0.05) is 42.5 Å². The minimum absolute atomic E-state index is 0.00598. The van der Waals surface area contributed by atoms with E-state index in [2.05, 4.69) is 46.3 Å². The molecule has 1 N–H and O–H groups in total. The zero-order chi connectivity index (χ0) is 21.4. The summed E-state index contributed by atoms with van der Waals surface area (Å²) in [6.07, 6.45) is 1.89. The lowest BCUT2D eigenvalue weighted by atomic mass is 9.93.